The topological polar surface area (TPSA) is 35.5 Å². The molecule has 0 N–H and O–H groups in total. The van der Waals surface area contributed by atoms with Crippen LogP contribution >= 0.6 is 15.9 Å². The van der Waals surface area contributed by atoms with Gasteiger partial charge in [-0.1, -0.05) is 35.0 Å². The van der Waals surface area contributed by atoms with Crippen molar-refractivity contribution in [2.24, 2.45) is 0 Å². The van der Waals surface area contributed by atoms with Gasteiger partial charge in [0.1, 0.15) is 13.2 Å². The second-order valence-corrected chi connectivity index (χ2v) is 5.67. The Morgan fingerprint density at radius 2 is 1.76 bits per heavy atom. The van der Waals surface area contributed by atoms with E-state index in [1.165, 1.54) is 0 Å². The molecule has 0 unspecified atom stereocenters. The number of halogens is 1. The highest BCUT2D eigenvalue weighted by molar-refractivity contribution is 9.10. The molecular formula is C17H15BrO3. The summed E-state index contributed by atoms with van der Waals surface area (Å²) in [5.41, 5.74) is 2.30. The molecule has 3 nitrogen and oxygen atoms in total. The van der Waals surface area contributed by atoms with Crippen molar-refractivity contribution in [2.75, 3.05) is 13.2 Å². The number of ether oxygens (including phenoxy) is 2. The van der Waals surface area contributed by atoms with E-state index >= 15 is 0 Å². The van der Waals surface area contributed by atoms with Gasteiger partial charge in [-0.15, -0.1) is 0 Å². The fourth-order valence-electron chi connectivity index (χ4n) is 2.43. The van der Waals surface area contributed by atoms with Gasteiger partial charge >= 0.3 is 0 Å². The predicted molar refractivity (Wildman–Crippen MR) is 84.4 cm³/mol. The maximum Gasteiger partial charge on any atom is 0.194 e. The highest BCUT2D eigenvalue weighted by atomic mass is 79.9. The fourth-order valence-corrected chi connectivity index (χ4v) is 2.89. The minimum Gasteiger partial charge on any atom is -0.486 e. The molecule has 4 heteroatoms. The van der Waals surface area contributed by atoms with Gasteiger partial charge in [0, 0.05) is 15.6 Å². The van der Waals surface area contributed by atoms with Gasteiger partial charge in [-0.2, -0.15) is 0 Å². The molecule has 108 valence electrons. The van der Waals surface area contributed by atoms with Crippen molar-refractivity contribution >= 4 is 21.7 Å². The molecule has 0 saturated carbocycles. The number of hydrogen-bond acceptors (Lipinski definition) is 3. The first-order valence-corrected chi connectivity index (χ1v) is 7.71. The molecule has 3 rings (SSSR count). The van der Waals surface area contributed by atoms with Gasteiger partial charge in [0.2, 0.25) is 0 Å². The van der Waals surface area contributed by atoms with E-state index in [0.717, 1.165) is 22.2 Å². The Bertz CT molecular complexity index is 694. The Hall–Kier alpha value is -1.81. The zero-order chi connectivity index (χ0) is 14.8. The van der Waals surface area contributed by atoms with Crippen molar-refractivity contribution in [1.29, 1.82) is 0 Å². The van der Waals surface area contributed by atoms with Gasteiger partial charge in [-0.25, -0.2) is 0 Å². The van der Waals surface area contributed by atoms with Crippen LogP contribution in [0.4, 0.5) is 0 Å². The Morgan fingerprint density at radius 1 is 1.10 bits per heavy atom. The number of rotatable bonds is 3. The van der Waals surface area contributed by atoms with E-state index in [-0.39, 0.29) is 5.78 Å². The Labute approximate surface area is 132 Å². The van der Waals surface area contributed by atoms with Crippen LogP contribution in [0.15, 0.2) is 40.9 Å². The van der Waals surface area contributed by atoms with E-state index in [9.17, 15) is 4.79 Å². The lowest BCUT2D eigenvalue weighted by Crippen LogP contribution is -2.17. The molecule has 0 radical (unpaired) electrons. The molecule has 1 heterocycles. The van der Waals surface area contributed by atoms with Gasteiger partial charge in [-0.05, 0) is 36.2 Å². The number of fused-ring (bicyclic) bond motifs is 1. The summed E-state index contributed by atoms with van der Waals surface area (Å²) in [6.45, 7) is 3.09. The second kappa shape index (κ2) is 5.90. The van der Waals surface area contributed by atoms with Crippen LogP contribution in [0.5, 0.6) is 11.5 Å². The summed E-state index contributed by atoms with van der Waals surface area (Å²) in [6, 6.07) is 11.2. The minimum atomic E-state index is -0.00343. The van der Waals surface area contributed by atoms with Gasteiger partial charge in [0.05, 0.1) is 0 Å². The van der Waals surface area contributed by atoms with E-state index < -0.39 is 0 Å². The molecule has 1 aliphatic rings. The Morgan fingerprint density at radius 3 is 2.43 bits per heavy atom. The molecular weight excluding hydrogens is 332 g/mol. The molecule has 0 bridgehead atoms. The number of hydrogen-bond donors (Lipinski definition) is 0. The van der Waals surface area contributed by atoms with Crippen molar-refractivity contribution in [2.45, 2.75) is 13.3 Å². The first-order chi connectivity index (χ1) is 10.2. The smallest absolute Gasteiger partial charge is 0.194 e. The molecule has 0 aromatic heterocycles. The van der Waals surface area contributed by atoms with Crippen LogP contribution in [-0.4, -0.2) is 19.0 Å². The SMILES string of the molecule is CCc1cc2c(cc1C(=O)c1ccccc1Br)OCCO2. The highest BCUT2D eigenvalue weighted by Gasteiger charge is 2.21. The average molecular weight is 347 g/mol. The fraction of sp³-hybridized carbons (Fsp3) is 0.235. The summed E-state index contributed by atoms with van der Waals surface area (Å²) in [6.07, 6.45) is 0.766. The molecule has 0 spiro atoms. The lowest BCUT2D eigenvalue weighted by Gasteiger charge is -2.20. The number of carbonyl (C=O) groups is 1. The zero-order valence-corrected chi connectivity index (χ0v) is 13.3. The molecule has 1 aliphatic heterocycles. The van der Waals surface area contributed by atoms with Crippen LogP contribution in [0.25, 0.3) is 0 Å². The second-order valence-electron chi connectivity index (χ2n) is 4.82. The van der Waals surface area contributed by atoms with E-state index in [2.05, 4.69) is 15.9 Å². The monoisotopic (exact) mass is 346 g/mol. The van der Waals surface area contributed by atoms with E-state index in [1.807, 2.05) is 37.3 Å². The van der Waals surface area contributed by atoms with Crippen LogP contribution in [0.3, 0.4) is 0 Å². The van der Waals surface area contributed by atoms with Gasteiger partial charge in [-0.3, -0.25) is 4.79 Å². The quantitative estimate of drug-likeness (QED) is 0.787. The maximum atomic E-state index is 12.8. The van der Waals surface area contributed by atoms with Crippen LogP contribution in [0.1, 0.15) is 28.4 Å². The molecule has 21 heavy (non-hydrogen) atoms. The third-order valence-corrected chi connectivity index (χ3v) is 4.20. The summed E-state index contributed by atoms with van der Waals surface area (Å²) in [5.74, 6) is 1.37. The third kappa shape index (κ3) is 2.68. The average Bonchev–Trinajstić information content (AvgIpc) is 2.53. The minimum absolute atomic E-state index is 0.00343. The number of aryl methyl sites for hydroxylation is 1. The molecule has 0 atom stereocenters. The van der Waals surface area contributed by atoms with Gasteiger partial charge in [0.15, 0.2) is 17.3 Å². The number of carbonyl (C=O) groups excluding carboxylic acids is 1. The van der Waals surface area contributed by atoms with Crippen molar-refractivity contribution in [3.63, 3.8) is 0 Å². The maximum absolute atomic E-state index is 12.8. The van der Waals surface area contributed by atoms with E-state index in [4.69, 9.17) is 9.47 Å². The Kier molecular flexibility index (Phi) is 3.97. The molecule has 0 fully saturated rings. The first kappa shape index (κ1) is 14.1. The number of benzene rings is 2. The molecule has 0 amide bonds. The van der Waals surface area contributed by atoms with Crippen molar-refractivity contribution in [3.05, 3.63) is 57.6 Å². The van der Waals surface area contributed by atoms with Crippen LogP contribution in [0, 0.1) is 0 Å². The molecule has 2 aromatic rings. The summed E-state index contributed by atoms with van der Waals surface area (Å²) in [7, 11) is 0. The normalized spacial score (nSPS) is 13.0. The van der Waals surface area contributed by atoms with E-state index in [1.54, 1.807) is 6.07 Å². The van der Waals surface area contributed by atoms with E-state index in [0.29, 0.717) is 30.1 Å². The molecule has 2 aromatic carbocycles. The Balaban J connectivity index is 2.09. The van der Waals surface area contributed by atoms with Crippen molar-refractivity contribution in [1.82, 2.24) is 0 Å². The summed E-state index contributed by atoms with van der Waals surface area (Å²) >= 11 is 3.44. The lowest BCUT2D eigenvalue weighted by atomic mass is 9.96. The summed E-state index contributed by atoms with van der Waals surface area (Å²) in [5, 5.41) is 0. The van der Waals surface area contributed by atoms with Gasteiger partial charge in [0.25, 0.3) is 0 Å². The summed E-state index contributed by atoms with van der Waals surface area (Å²) < 4.78 is 12.0. The largest absolute Gasteiger partial charge is 0.486 e. The van der Waals surface area contributed by atoms with Gasteiger partial charge < -0.3 is 9.47 Å². The summed E-state index contributed by atoms with van der Waals surface area (Å²) in [4.78, 5) is 12.8. The van der Waals surface area contributed by atoms with Crippen LogP contribution in [0.2, 0.25) is 0 Å². The standard InChI is InChI=1S/C17H15BrO3/c1-2-11-9-15-16(21-8-7-20-15)10-13(11)17(19)12-5-3-4-6-14(12)18/h3-6,9-10H,2,7-8H2,1H3. The van der Waals surface area contributed by atoms with Crippen molar-refractivity contribution < 1.29 is 14.3 Å². The molecule has 0 saturated heterocycles. The lowest BCUT2D eigenvalue weighted by molar-refractivity contribution is 0.103. The predicted octanol–water partition coefficient (Wildman–Crippen LogP) is 4.01. The number of ketones is 1. The first-order valence-electron chi connectivity index (χ1n) is 6.92. The van der Waals surface area contributed by atoms with Crippen LogP contribution in [-0.2, 0) is 6.42 Å². The zero-order valence-electron chi connectivity index (χ0n) is 11.7. The van der Waals surface area contributed by atoms with Crippen molar-refractivity contribution in [3.8, 4) is 11.5 Å². The van der Waals surface area contributed by atoms with Crippen LogP contribution < -0.4 is 9.47 Å². The highest BCUT2D eigenvalue weighted by Crippen LogP contribution is 2.35. The third-order valence-electron chi connectivity index (χ3n) is 3.51. The molecule has 0 aliphatic carbocycles.